The zero-order chi connectivity index (χ0) is 31.9. The lowest BCUT2D eigenvalue weighted by Gasteiger charge is -2.18. The molecule has 9 heteroatoms. The number of unbranched alkanes of at least 4 members (excludes halogenated alkanes) is 6. The van der Waals surface area contributed by atoms with Gasteiger partial charge in [-0.3, -0.25) is 0 Å². The number of hydrogen-bond donors (Lipinski definition) is 0. The van der Waals surface area contributed by atoms with E-state index in [0.29, 0.717) is 32.7 Å². The van der Waals surface area contributed by atoms with Crippen LogP contribution in [0.4, 0.5) is 13.2 Å². The lowest BCUT2D eigenvalue weighted by atomic mass is 9.98. The van der Waals surface area contributed by atoms with E-state index in [-0.39, 0.29) is 23.6 Å². The van der Waals surface area contributed by atoms with E-state index in [1.54, 1.807) is 12.4 Å². The van der Waals surface area contributed by atoms with Crippen LogP contribution in [0.25, 0.3) is 22.5 Å². The Hall–Kier alpha value is -3.17. The van der Waals surface area contributed by atoms with Crippen molar-refractivity contribution in [1.82, 2.24) is 9.97 Å². The van der Waals surface area contributed by atoms with Gasteiger partial charge in [-0.25, -0.2) is 14.4 Å². The van der Waals surface area contributed by atoms with E-state index in [9.17, 15) is 0 Å². The summed E-state index contributed by atoms with van der Waals surface area (Å²) < 4.78 is 68.8. The normalized spacial score (nSPS) is 15.2. The monoisotopic (exact) mass is 628 g/mol. The Morgan fingerprint density at radius 1 is 0.711 bits per heavy atom. The summed E-state index contributed by atoms with van der Waals surface area (Å²) in [6.45, 7) is 7.69. The highest BCUT2D eigenvalue weighted by molar-refractivity contribution is 5.66. The number of hydrogen-bond acceptors (Lipinski definition) is 6. The van der Waals surface area contributed by atoms with Crippen LogP contribution in [0.15, 0.2) is 48.8 Å². The summed E-state index contributed by atoms with van der Waals surface area (Å²) in [5.41, 5.74) is 0.775. The van der Waals surface area contributed by atoms with Crippen molar-refractivity contribution in [3.63, 3.8) is 0 Å². The van der Waals surface area contributed by atoms with E-state index >= 15 is 13.2 Å². The van der Waals surface area contributed by atoms with Gasteiger partial charge in [0.05, 0.1) is 12.2 Å². The molecule has 0 fully saturated rings. The predicted molar refractivity (Wildman–Crippen MR) is 170 cm³/mol. The van der Waals surface area contributed by atoms with Crippen LogP contribution in [0.1, 0.15) is 90.0 Å². The van der Waals surface area contributed by atoms with E-state index in [2.05, 4.69) is 23.8 Å². The molecule has 4 rings (SSSR count). The summed E-state index contributed by atoms with van der Waals surface area (Å²) in [7, 11) is 0. The fourth-order valence-electron chi connectivity index (χ4n) is 5.24. The molecule has 1 aliphatic heterocycles. The molecule has 2 aromatic carbocycles. The van der Waals surface area contributed by atoms with Gasteiger partial charge < -0.3 is 18.9 Å². The quantitative estimate of drug-likeness (QED) is 0.110. The smallest absolute Gasteiger partial charge is 0.315 e. The van der Waals surface area contributed by atoms with Crippen LogP contribution in [0.2, 0.25) is 0 Å². The topological polar surface area (TPSA) is 62.7 Å². The molecule has 1 atom stereocenters. The van der Waals surface area contributed by atoms with Crippen molar-refractivity contribution in [2.24, 2.45) is 0 Å². The second-order valence-corrected chi connectivity index (χ2v) is 11.5. The minimum atomic E-state index is -3.46. The Balaban J connectivity index is 1.28. The lowest BCUT2D eigenvalue weighted by Crippen LogP contribution is -2.30. The van der Waals surface area contributed by atoms with E-state index in [1.807, 2.05) is 24.3 Å². The highest BCUT2D eigenvalue weighted by atomic mass is 19.3. The molecule has 0 saturated carbocycles. The molecule has 6 nitrogen and oxygen atoms in total. The molecule has 0 saturated heterocycles. The average molecular weight is 629 g/mol. The molecule has 3 aromatic rings. The van der Waals surface area contributed by atoms with Gasteiger partial charge in [-0.2, -0.15) is 8.78 Å². The van der Waals surface area contributed by atoms with Crippen molar-refractivity contribution in [1.29, 1.82) is 0 Å². The van der Waals surface area contributed by atoms with Crippen LogP contribution >= 0.6 is 0 Å². The molecular weight excluding hydrogens is 581 g/mol. The van der Waals surface area contributed by atoms with E-state index in [0.717, 1.165) is 68.6 Å². The van der Waals surface area contributed by atoms with Crippen molar-refractivity contribution in [3.05, 3.63) is 60.2 Å². The van der Waals surface area contributed by atoms with Gasteiger partial charge in [-0.1, -0.05) is 51.7 Å². The molecule has 0 bridgehead atoms. The van der Waals surface area contributed by atoms with E-state index in [1.165, 1.54) is 25.0 Å². The second-order valence-electron chi connectivity index (χ2n) is 11.5. The zero-order valence-corrected chi connectivity index (χ0v) is 26.7. The van der Waals surface area contributed by atoms with Crippen molar-refractivity contribution in [3.8, 4) is 34.0 Å². The third-order valence-electron chi connectivity index (χ3n) is 7.93. The standard InChI is InChI=1S/C36H47F3N2O4/c1-3-5-7-9-21-43-22-10-8-13-32-36(38,39)33-31(45-32)19-18-30(34(33)37)35-40-25-28(26-41-35)27-14-16-29(17-15-27)44-24-12-11-23-42-20-6-4-2/h14-19,25-26,32H,3-13,20-24H2,1-2H3. The highest BCUT2D eigenvalue weighted by Gasteiger charge is 2.53. The number of ether oxygens (including phenoxy) is 4. The number of halogens is 3. The Morgan fingerprint density at radius 3 is 2.02 bits per heavy atom. The Labute approximate surface area is 265 Å². The highest BCUT2D eigenvalue weighted by Crippen LogP contribution is 2.49. The summed E-state index contributed by atoms with van der Waals surface area (Å²) in [4.78, 5) is 8.61. The first kappa shape index (κ1) is 34.7. The van der Waals surface area contributed by atoms with Gasteiger partial charge >= 0.3 is 5.92 Å². The molecule has 246 valence electrons. The minimum Gasteiger partial charge on any atom is -0.494 e. The minimum absolute atomic E-state index is 0.0352. The fraction of sp³-hybridized carbons (Fsp3) is 0.556. The SMILES string of the molecule is CCCCCCOCCCCC1Oc2ccc(-c3ncc(-c4ccc(OCCCCOCCCC)cc4)cn3)c(F)c2C1(F)F. The summed E-state index contributed by atoms with van der Waals surface area (Å²) in [5.74, 6) is -3.83. The number of alkyl halides is 2. The first-order valence-corrected chi connectivity index (χ1v) is 16.5. The summed E-state index contributed by atoms with van der Waals surface area (Å²) >= 11 is 0. The van der Waals surface area contributed by atoms with Gasteiger partial charge in [0.25, 0.3) is 0 Å². The first-order valence-electron chi connectivity index (χ1n) is 16.5. The molecule has 0 amide bonds. The van der Waals surface area contributed by atoms with Gasteiger partial charge in [0.2, 0.25) is 0 Å². The van der Waals surface area contributed by atoms with Crippen LogP contribution in [-0.2, 0) is 15.4 Å². The molecule has 45 heavy (non-hydrogen) atoms. The van der Waals surface area contributed by atoms with Crippen molar-refractivity contribution in [2.45, 2.75) is 96.5 Å². The molecule has 0 radical (unpaired) electrons. The Kier molecular flexibility index (Phi) is 14.0. The molecule has 1 aliphatic rings. The van der Waals surface area contributed by atoms with Crippen LogP contribution in [0, 0.1) is 5.82 Å². The molecule has 1 unspecified atom stereocenters. The number of fused-ring (bicyclic) bond motifs is 1. The third kappa shape index (κ3) is 9.91. The maximum Gasteiger partial charge on any atom is 0.315 e. The van der Waals surface area contributed by atoms with Crippen LogP contribution in [0.3, 0.4) is 0 Å². The molecular formula is C36H47F3N2O4. The second kappa shape index (κ2) is 18.1. The first-order chi connectivity index (χ1) is 22.0. The van der Waals surface area contributed by atoms with Crippen molar-refractivity contribution in [2.75, 3.05) is 33.0 Å². The summed E-state index contributed by atoms with van der Waals surface area (Å²) in [6.07, 6.45) is 11.6. The number of rotatable bonds is 21. The number of nitrogens with zero attached hydrogens (tertiary/aromatic N) is 2. The van der Waals surface area contributed by atoms with Gasteiger partial charge in [0.15, 0.2) is 11.9 Å². The predicted octanol–water partition coefficient (Wildman–Crippen LogP) is 9.55. The maximum atomic E-state index is 15.6. The number of benzene rings is 2. The van der Waals surface area contributed by atoms with Crippen LogP contribution < -0.4 is 9.47 Å². The fourth-order valence-corrected chi connectivity index (χ4v) is 5.24. The lowest BCUT2D eigenvalue weighted by molar-refractivity contribution is -0.0815. The molecule has 0 spiro atoms. The Bertz CT molecular complexity index is 1290. The number of aromatic nitrogens is 2. The summed E-state index contributed by atoms with van der Waals surface area (Å²) in [5, 5.41) is 0. The van der Waals surface area contributed by atoms with E-state index < -0.39 is 23.4 Å². The van der Waals surface area contributed by atoms with E-state index in [4.69, 9.17) is 18.9 Å². The molecule has 0 N–H and O–H groups in total. The van der Waals surface area contributed by atoms with Gasteiger partial charge in [0, 0.05) is 44.4 Å². The summed E-state index contributed by atoms with van der Waals surface area (Å²) in [6, 6.07) is 10.3. The van der Waals surface area contributed by atoms with Crippen molar-refractivity contribution >= 4 is 0 Å². The molecule has 2 heterocycles. The van der Waals surface area contributed by atoms with Crippen LogP contribution in [-0.4, -0.2) is 49.1 Å². The average Bonchev–Trinajstić information content (AvgIpc) is 3.31. The Morgan fingerprint density at radius 2 is 1.33 bits per heavy atom. The van der Waals surface area contributed by atoms with Gasteiger partial charge in [-0.15, -0.1) is 0 Å². The zero-order valence-electron chi connectivity index (χ0n) is 26.7. The molecule has 0 aliphatic carbocycles. The largest absolute Gasteiger partial charge is 0.494 e. The maximum absolute atomic E-state index is 15.6. The van der Waals surface area contributed by atoms with Gasteiger partial charge in [0.1, 0.15) is 22.9 Å². The third-order valence-corrected chi connectivity index (χ3v) is 7.93. The van der Waals surface area contributed by atoms with Crippen molar-refractivity contribution < 1.29 is 32.1 Å². The molecule has 1 aromatic heterocycles. The van der Waals surface area contributed by atoms with Crippen LogP contribution in [0.5, 0.6) is 11.5 Å². The van der Waals surface area contributed by atoms with Gasteiger partial charge in [-0.05, 0) is 74.8 Å².